The highest BCUT2D eigenvalue weighted by atomic mass is 32.2. The minimum atomic E-state index is 0.0654. The number of aryl methyl sites for hydroxylation is 2. The van der Waals surface area contributed by atoms with Crippen molar-refractivity contribution in [1.29, 1.82) is 0 Å². The number of benzene rings is 2. The van der Waals surface area contributed by atoms with Crippen LogP contribution >= 0.6 is 11.8 Å². The molecule has 1 atom stereocenters. The topological polar surface area (TPSA) is 69.5 Å². The highest BCUT2D eigenvalue weighted by Crippen LogP contribution is 2.38. The monoisotopic (exact) mass is 450 g/mol. The quantitative estimate of drug-likeness (QED) is 0.545. The molecule has 8 heteroatoms. The van der Waals surface area contributed by atoms with Crippen LogP contribution in [-0.4, -0.2) is 51.1 Å². The lowest BCUT2D eigenvalue weighted by Crippen LogP contribution is -2.32. The molecule has 2 aliphatic heterocycles. The number of likely N-dealkylation sites (tertiary alicyclic amines) is 1. The predicted molar refractivity (Wildman–Crippen MR) is 123 cm³/mol. The highest BCUT2D eigenvalue weighted by Gasteiger charge is 2.31. The van der Waals surface area contributed by atoms with Crippen molar-refractivity contribution in [3.05, 3.63) is 59.4 Å². The Morgan fingerprint density at radius 3 is 2.66 bits per heavy atom. The third-order valence-corrected chi connectivity index (χ3v) is 6.85. The number of ether oxygens (including phenoxy) is 2. The molecule has 5 rings (SSSR count). The summed E-state index contributed by atoms with van der Waals surface area (Å²) in [7, 11) is 0. The maximum atomic E-state index is 13.2. The Kier molecular flexibility index (Phi) is 5.78. The molecule has 3 aromatic rings. The van der Waals surface area contributed by atoms with E-state index in [2.05, 4.69) is 41.4 Å². The van der Waals surface area contributed by atoms with Gasteiger partial charge in [0.2, 0.25) is 5.91 Å². The summed E-state index contributed by atoms with van der Waals surface area (Å²) in [5.41, 5.74) is 3.30. The first kappa shape index (κ1) is 20.9. The molecule has 0 saturated carbocycles. The fourth-order valence-corrected chi connectivity index (χ4v) is 5.20. The van der Waals surface area contributed by atoms with Crippen LogP contribution in [0.15, 0.2) is 47.6 Å². The molecular formula is C24H26N4O3S. The lowest BCUT2D eigenvalue weighted by Gasteiger charge is -2.26. The van der Waals surface area contributed by atoms with Gasteiger partial charge in [-0.1, -0.05) is 35.5 Å². The third kappa shape index (κ3) is 4.07. The van der Waals surface area contributed by atoms with Crippen molar-refractivity contribution in [2.75, 3.05) is 25.5 Å². The van der Waals surface area contributed by atoms with Crippen LogP contribution in [0.1, 0.15) is 35.8 Å². The van der Waals surface area contributed by atoms with Crippen molar-refractivity contribution < 1.29 is 14.3 Å². The van der Waals surface area contributed by atoms with Gasteiger partial charge in [-0.25, -0.2) is 0 Å². The van der Waals surface area contributed by atoms with Gasteiger partial charge in [-0.05, 0) is 56.5 Å². The average molecular weight is 451 g/mol. The van der Waals surface area contributed by atoms with Gasteiger partial charge in [0.05, 0.1) is 11.8 Å². The van der Waals surface area contributed by atoms with Gasteiger partial charge < -0.3 is 14.4 Å². The molecule has 3 heterocycles. The number of rotatable bonds is 5. The predicted octanol–water partition coefficient (Wildman–Crippen LogP) is 4.11. The van der Waals surface area contributed by atoms with E-state index in [-0.39, 0.29) is 11.9 Å². The second-order valence-corrected chi connectivity index (χ2v) is 9.08. The van der Waals surface area contributed by atoms with Gasteiger partial charge in [-0.15, -0.1) is 10.2 Å². The number of carbonyl (C=O) groups excluding carboxylic acids is 1. The minimum absolute atomic E-state index is 0.0654. The van der Waals surface area contributed by atoms with E-state index in [4.69, 9.17) is 9.47 Å². The Balaban J connectivity index is 1.30. The SMILES string of the molecule is Cc1ccc(-n2c(C)nnc2SCC(=O)N2CCC[C@H]2c2ccc3c(c2)OCCO3)cc1. The molecule has 0 radical (unpaired) electrons. The highest BCUT2D eigenvalue weighted by molar-refractivity contribution is 7.99. The van der Waals surface area contributed by atoms with Crippen molar-refractivity contribution >= 4 is 17.7 Å². The van der Waals surface area contributed by atoms with Crippen molar-refractivity contribution in [2.24, 2.45) is 0 Å². The second-order valence-electron chi connectivity index (χ2n) is 8.14. The van der Waals surface area contributed by atoms with Crippen LogP contribution in [0.3, 0.4) is 0 Å². The molecule has 7 nitrogen and oxygen atoms in total. The molecule has 1 saturated heterocycles. The van der Waals surface area contributed by atoms with Crippen LogP contribution in [0.25, 0.3) is 5.69 Å². The molecule has 1 amide bonds. The average Bonchev–Trinajstić information content (AvgIpc) is 3.45. The standard InChI is InChI=1S/C24H26N4O3S/c1-16-5-8-19(9-6-16)28-17(2)25-26-24(28)32-15-23(29)27-11-3-4-20(27)18-7-10-21-22(14-18)31-13-12-30-21/h5-10,14,20H,3-4,11-13,15H2,1-2H3/t20-/m0/s1. The van der Waals surface area contributed by atoms with E-state index >= 15 is 0 Å². The number of amides is 1. The molecule has 0 N–H and O–H groups in total. The number of hydrogen-bond donors (Lipinski definition) is 0. The number of hydrogen-bond acceptors (Lipinski definition) is 6. The Morgan fingerprint density at radius 1 is 1.06 bits per heavy atom. The summed E-state index contributed by atoms with van der Waals surface area (Å²) in [5.74, 6) is 2.79. The zero-order valence-corrected chi connectivity index (χ0v) is 19.1. The first-order chi connectivity index (χ1) is 15.6. The maximum absolute atomic E-state index is 13.2. The van der Waals surface area contributed by atoms with Crippen molar-refractivity contribution in [2.45, 2.75) is 37.9 Å². The van der Waals surface area contributed by atoms with Gasteiger partial charge in [0.15, 0.2) is 16.7 Å². The number of aromatic nitrogens is 3. The first-order valence-corrected chi connectivity index (χ1v) is 11.9. The summed E-state index contributed by atoms with van der Waals surface area (Å²) < 4.78 is 13.4. The summed E-state index contributed by atoms with van der Waals surface area (Å²) >= 11 is 1.44. The van der Waals surface area contributed by atoms with Gasteiger partial charge in [-0.3, -0.25) is 9.36 Å². The van der Waals surface area contributed by atoms with Crippen molar-refractivity contribution in [3.63, 3.8) is 0 Å². The summed E-state index contributed by atoms with van der Waals surface area (Å²) in [6.45, 7) is 5.89. The van der Waals surface area contributed by atoms with E-state index in [1.807, 2.05) is 34.6 Å². The Morgan fingerprint density at radius 2 is 1.84 bits per heavy atom. The Hall–Kier alpha value is -3.00. The molecule has 0 aliphatic carbocycles. The molecule has 166 valence electrons. The van der Waals surface area contributed by atoms with Crippen LogP contribution in [0.4, 0.5) is 0 Å². The smallest absolute Gasteiger partial charge is 0.233 e. The molecule has 0 spiro atoms. The van der Waals surface area contributed by atoms with Crippen LogP contribution < -0.4 is 9.47 Å². The lowest BCUT2D eigenvalue weighted by molar-refractivity contribution is -0.129. The molecule has 1 fully saturated rings. The number of fused-ring (bicyclic) bond motifs is 1. The Bertz CT molecular complexity index is 1130. The van der Waals surface area contributed by atoms with Gasteiger partial charge in [-0.2, -0.15) is 0 Å². The van der Waals surface area contributed by atoms with Gasteiger partial charge in [0, 0.05) is 12.2 Å². The summed E-state index contributed by atoms with van der Waals surface area (Å²) in [4.78, 5) is 15.2. The Labute approximate surface area is 191 Å². The van der Waals surface area contributed by atoms with Gasteiger partial charge in [0.1, 0.15) is 19.0 Å². The van der Waals surface area contributed by atoms with E-state index < -0.39 is 0 Å². The molecule has 32 heavy (non-hydrogen) atoms. The number of thioether (sulfide) groups is 1. The van der Waals surface area contributed by atoms with Crippen LogP contribution in [0, 0.1) is 13.8 Å². The van der Waals surface area contributed by atoms with Gasteiger partial charge >= 0.3 is 0 Å². The van der Waals surface area contributed by atoms with Crippen molar-refractivity contribution in [3.8, 4) is 17.2 Å². The normalized spacial score (nSPS) is 17.6. The van der Waals surface area contributed by atoms with E-state index in [9.17, 15) is 4.79 Å². The first-order valence-electron chi connectivity index (χ1n) is 10.9. The number of carbonyl (C=O) groups is 1. The summed E-state index contributed by atoms with van der Waals surface area (Å²) in [6.07, 6.45) is 1.95. The largest absolute Gasteiger partial charge is 0.486 e. The van der Waals surface area contributed by atoms with E-state index in [1.165, 1.54) is 17.3 Å². The van der Waals surface area contributed by atoms with Crippen molar-refractivity contribution in [1.82, 2.24) is 19.7 Å². The summed E-state index contributed by atoms with van der Waals surface area (Å²) in [5, 5.41) is 9.28. The minimum Gasteiger partial charge on any atom is -0.486 e. The second kappa shape index (κ2) is 8.86. The maximum Gasteiger partial charge on any atom is 0.233 e. The molecule has 0 bridgehead atoms. The van der Waals surface area contributed by atoms with Gasteiger partial charge in [0.25, 0.3) is 0 Å². The summed E-state index contributed by atoms with van der Waals surface area (Å²) in [6, 6.07) is 14.3. The molecule has 2 aliphatic rings. The van der Waals surface area contributed by atoms with Crippen LogP contribution in [0.5, 0.6) is 11.5 Å². The van der Waals surface area contributed by atoms with E-state index in [1.54, 1.807) is 0 Å². The molecular weight excluding hydrogens is 424 g/mol. The van der Waals surface area contributed by atoms with E-state index in [0.29, 0.717) is 19.0 Å². The number of nitrogens with zero attached hydrogens (tertiary/aromatic N) is 4. The van der Waals surface area contributed by atoms with Crippen LogP contribution in [0.2, 0.25) is 0 Å². The third-order valence-electron chi connectivity index (χ3n) is 5.94. The fourth-order valence-electron chi connectivity index (χ4n) is 4.32. The van der Waals surface area contributed by atoms with Crippen LogP contribution in [-0.2, 0) is 4.79 Å². The zero-order chi connectivity index (χ0) is 22.1. The zero-order valence-electron chi connectivity index (χ0n) is 18.3. The van der Waals surface area contributed by atoms with E-state index in [0.717, 1.165) is 53.1 Å². The molecule has 2 aromatic carbocycles. The molecule has 1 aromatic heterocycles. The lowest BCUT2D eigenvalue weighted by atomic mass is 10.0. The molecule has 0 unspecified atom stereocenters. The fraction of sp³-hybridized carbons (Fsp3) is 0.375.